The molecule has 0 saturated heterocycles. The van der Waals surface area contributed by atoms with E-state index in [1.807, 2.05) is 27.7 Å². The van der Waals surface area contributed by atoms with Gasteiger partial charge in [0.1, 0.15) is 0 Å². The zero-order valence-corrected chi connectivity index (χ0v) is 13.1. The van der Waals surface area contributed by atoms with Gasteiger partial charge in [-0.05, 0) is 43.3 Å². The van der Waals surface area contributed by atoms with Gasteiger partial charge in [0.05, 0.1) is 0 Å². The minimum atomic E-state index is 0.657. The van der Waals surface area contributed by atoms with Crippen LogP contribution in [-0.4, -0.2) is 0 Å². The Morgan fingerprint density at radius 1 is 1.05 bits per heavy atom. The van der Waals surface area contributed by atoms with Crippen LogP contribution in [0.1, 0.15) is 53.4 Å². The highest BCUT2D eigenvalue weighted by molar-refractivity contribution is 5.49. The Kier molecular flexibility index (Phi) is 8.77. The summed E-state index contributed by atoms with van der Waals surface area (Å²) >= 11 is 0. The third-order valence-corrected chi connectivity index (χ3v) is 3.61. The summed E-state index contributed by atoms with van der Waals surface area (Å²) in [5.74, 6) is 1.41. The summed E-state index contributed by atoms with van der Waals surface area (Å²) in [5, 5.41) is 0. The van der Waals surface area contributed by atoms with Gasteiger partial charge >= 0.3 is 0 Å². The molecule has 0 amide bonds. The first-order valence-corrected chi connectivity index (χ1v) is 7.51. The lowest BCUT2D eigenvalue weighted by atomic mass is 9.73. The molecule has 0 aromatic heterocycles. The van der Waals surface area contributed by atoms with Crippen LogP contribution in [0.3, 0.4) is 0 Å². The van der Waals surface area contributed by atoms with Crippen molar-refractivity contribution >= 4 is 0 Å². The molecule has 19 heavy (non-hydrogen) atoms. The lowest BCUT2D eigenvalue weighted by Crippen LogP contribution is -2.19. The first kappa shape index (κ1) is 17.6. The molecule has 0 heteroatoms. The summed E-state index contributed by atoms with van der Waals surface area (Å²) in [6.45, 7) is 19.5. The van der Waals surface area contributed by atoms with E-state index in [1.54, 1.807) is 0 Å². The molecule has 0 aliphatic heterocycles. The lowest BCUT2D eigenvalue weighted by molar-refractivity contribution is 0.423. The molecule has 0 N–H and O–H groups in total. The van der Waals surface area contributed by atoms with Gasteiger partial charge in [-0.25, -0.2) is 0 Å². The van der Waals surface area contributed by atoms with Crippen LogP contribution >= 0.6 is 0 Å². The van der Waals surface area contributed by atoms with E-state index < -0.39 is 0 Å². The second-order valence-electron chi connectivity index (χ2n) is 4.36. The van der Waals surface area contributed by atoms with Crippen molar-refractivity contribution in [1.29, 1.82) is 0 Å². The van der Waals surface area contributed by atoms with Gasteiger partial charge in [-0.2, -0.15) is 0 Å². The molecule has 2 aliphatic carbocycles. The number of allylic oxidation sites excluding steroid dienone is 3. The standard InChI is InChI=1S/C15H16.2C2H6/c1-4-7-12-10-13-8-6-9-15(13)11(3)14(12)5-2;2*1-2/h13,15H,1-3,6,8-10H2;2*1-2H3. The molecule has 104 valence electrons. The fourth-order valence-electron chi connectivity index (χ4n) is 2.92. The van der Waals surface area contributed by atoms with E-state index in [2.05, 4.69) is 36.9 Å². The summed E-state index contributed by atoms with van der Waals surface area (Å²) in [6.07, 6.45) is 4.99. The maximum Gasteiger partial charge on any atom is 0.0303 e. The van der Waals surface area contributed by atoms with Crippen molar-refractivity contribution in [3.63, 3.8) is 0 Å². The highest BCUT2D eigenvalue weighted by Crippen LogP contribution is 2.48. The van der Waals surface area contributed by atoms with Gasteiger partial charge in [-0.15, -0.1) is 5.73 Å². The van der Waals surface area contributed by atoms with E-state index in [4.69, 9.17) is 0 Å². The molecule has 2 atom stereocenters. The van der Waals surface area contributed by atoms with Gasteiger partial charge in [0.2, 0.25) is 0 Å². The monoisotopic (exact) mass is 256 g/mol. The van der Waals surface area contributed by atoms with Gasteiger partial charge < -0.3 is 0 Å². The van der Waals surface area contributed by atoms with Crippen LogP contribution in [0.15, 0.2) is 53.6 Å². The third kappa shape index (κ3) is 4.02. The Bertz CT molecular complexity index is 431. The molecule has 2 aliphatic rings. The molecule has 0 aromatic carbocycles. The highest BCUT2D eigenvalue weighted by atomic mass is 14.4. The molecule has 0 radical (unpaired) electrons. The van der Waals surface area contributed by atoms with Gasteiger partial charge in [0.25, 0.3) is 0 Å². The van der Waals surface area contributed by atoms with Gasteiger partial charge in [0, 0.05) is 11.1 Å². The molecule has 0 nitrogen and oxygen atoms in total. The Morgan fingerprint density at radius 3 is 2.21 bits per heavy atom. The summed E-state index contributed by atoms with van der Waals surface area (Å²) < 4.78 is 0. The van der Waals surface area contributed by atoms with Crippen molar-refractivity contribution in [2.24, 2.45) is 11.8 Å². The van der Waals surface area contributed by atoms with Crippen molar-refractivity contribution in [3.05, 3.63) is 53.6 Å². The molecule has 2 saturated carbocycles. The summed E-state index contributed by atoms with van der Waals surface area (Å²) in [4.78, 5) is 0. The molecule has 0 aromatic rings. The quantitative estimate of drug-likeness (QED) is 0.467. The van der Waals surface area contributed by atoms with E-state index in [0.717, 1.165) is 23.5 Å². The SMILES string of the molecule is C=C=C=C1CC2CCCC2C(=C)C1=C=C.CC.CC. The molecule has 2 fully saturated rings. The predicted octanol–water partition coefficient (Wildman–Crippen LogP) is 5.99. The van der Waals surface area contributed by atoms with Crippen molar-refractivity contribution in [1.82, 2.24) is 0 Å². The average Bonchev–Trinajstić information content (AvgIpc) is 2.93. The highest BCUT2D eigenvalue weighted by Gasteiger charge is 2.36. The normalized spacial score (nSPS) is 23.7. The first-order chi connectivity index (χ1) is 9.27. The van der Waals surface area contributed by atoms with E-state index in [0.29, 0.717) is 5.92 Å². The maximum absolute atomic E-state index is 4.19. The minimum absolute atomic E-state index is 0.657. The van der Waals surface area contributed by atoms with Crippen molar-refractivity contribution in [2.75, 3.05) is 0 Å². The zero-order valence-electron chi connectivity index (χ0n) is 13.1. The second-order valence-corrected chi connectivity index (χ2v) is 4.36. The Morgan fingerprint density at radius 2 is 1.68 bits per heavy atom. The summed E-state index contributed by atoms with van der Waals surface area (Å²) in [7, 11) is 0. The van der Waals surface area contributed by atoms with Crippen LogP contribution in [0, 0.1) is 11.8 Å². The second kappa shape index (κ2) is 9.48. The third-order valence-electron chi connectivity index (χ3n) is 3.61. The topological polar surface area (TPSA) is 0 Å². The first-order valence-electron chi connectivity index (χ1n) is 7.51. The number of rotatable bonds is 0. The van der Waals surface area contributed by atoms with Crippen LogP contribution in [0.25, 0.3) is 0 Å². The minimum Gasteiger partial charge on any atom is -0.120 e. The fourth-order valence-corrected chi connectivity index (χ4v) is 2.92. The van der Waals surface area contributed by atoms with E-state index in [9.17, 15) is 0 Å². The Hall–Kier alpha value is -1.44. The summed E-state index contributed by atoms with van der Waals surface area (Å²) in [5.41, 5.74) is 12.2. The van der Waals surface area contributed by atoms with Crippen LogP contribution in [0.5, 0.6) is 0 Å². The lowest BCUT2D eigenvalue weighted by Gasteiger charge is -2.29. The van der Waals surface area contributed by atoms with Crippen molar-refractivity contribution in [3.8, 4) is 0 Å². The molecule has 0 bridgehead atoms. The Labute approximate surface area is 119 Å². The molecule has 2 rings (SSSR count). The molecule has 2 unspecified atom stereocenters. The van der Waals surface area contributed by atoms with Gasteiger partial charge in [-0.1, -0.05) is 58.7 Å². The summed E-state index contributed by atoms with van der Waals surface area (Å²) in [6, 6.07) is 0. The number of fused-ring (bicyclic) bond motifs is 1. The molecule has 0 heterocycles. The van der Waals surface area contributed by atoms with E-state index >= 15 is 0 Å². The van der Waals surface area contributed by atoms with Crippen LogP contribution in [0.2, 0.25) is 0 Å². The van der Waals surface area contributed by atoms with Crippen LogP contribution in [-0.2, 0) is 0 Å². The van der Waals surface area contributed by atoms with Crippen LogP contribution in [0.4, 0.5) is 0 Å². The molecular formula is C19H28. The zero-order chi connectivity index (χ0) is 14.8. The fraction of sp³-hybridized carbons (Fsp3) is 0.526. The smallest absolute Gasteiger partial charge is 0.0303 e. The number of hydrogen-bond acceptors (Lipinski definition) is 0. The maximum atomic E-state index is 4.19. The van der Waals surface area contributed by atoms with Gasteiger partial charge in [0.15, 0.2) is 0 Å². The van der Waals surface area contributed by atoms with Crippen molar-refractivity contribution in [2.45, 2.75) is 53.4 Å². The Balaban J connectivity index is 0.000000741. The predicted molar refractivity (Wildman–Crippen MR) is 86.1 cm³/mol. The largest absolute Gasteiger partial charge is 0.120 e. The average molecular weight is 256 g/mol. The van der Waals surface area contributed by atoms with Crippen LogP contribution < -0.4 is 0 Å². The van der Waals surface area contributed by atoms with Crippen molar-refractivity contribution < 1.29 is 0 Å². The number of hydrogen-bond donors (Lipinski definition) is 0. The van der Waals surface area contributed by atoms with E-state index in [1.165, 1.54) is 24.8 Å². The molecule has 0 spiro atoms. The molecular weight excluding hydrogens is 228 g/mol. The van der Waals surface area contributed by atoms with Gasteiger partial charge in [-0.3, -0.25) is 0 Å². The van der Waals surface area contributed by atoms with E-state index in [-0.39, 0.29) is 0 Å².